The first-order chi connectivity index (χ1) is 7.49. The van der Waals surface area contributed by atoms with Crippen molar-refractivity contribution in [3.63, 3.8) is 0 Å². The highest BCUT2D eigenvalue weighted by Gasteiger charge is 2.17. The summed E-state index contributed by atoms with van der Waals surface area (Å²) in [6.07, 6.45) is 4.42. The van der Waals surface area contributed by atoms with Crippen LogP contribution in [-0.2, 0) is 10.0 Å². The molecule has 0 aliphatic carbocycles. The fraction of sp³-hybridized carbons (Fsp3) is 1.00. The van der Waals surface area contributed by atoms with Gasteiger partial charge in [-0.25, -0.2) is 13.6 Å². The normalized spacial score (nSPS) is 23.5. The summed E-state index contributed by atoms with van der Waals surface area (Å²) in [5.74, 6) is 0.0699. The van der Waals surface area contributed by atoms with Gasteiger partial charge in [-0.05, 0) is 39.4 Å². The molecule has 6 heteroatoms. The van der Waals surface area contributed by atoms with Crippen LogP contribution in [0.2, 0.25) is 0 Å². The van der Waals surface area contributed by atoms with Crippen molar-refractivity contribution in [2.24, 2.45) is 5.14 Å². The summed E-state index contributed by atoms with van der Waals surface area (Å²) in [7, 11) is -1.14. The fourth-order valence-electron chi connectivity index (χ4n) is 2.07. The van der Waals surface area contributed by atoms with Gasteiger partial charge in [0.25, 0.3) is 0 Å². The summed E-state index contributed by atoms with van der Waals surface area (Å²) in [5.41, 5.74) is 0. The highest BCUT2D eigenvalue weighted by Crippen LogP contribution is 2.13. The topological polar surface area (TPSA) is 75.4 Å². The second-order valence-electron chi connectivity index (χ2n) is 4.55. The van der Waals surface area contributed by atoms with Crippen LogP contribution >= 0.6 is 0 Å². The monoisotopic (exact) mass is 249 g/mol. The molecule has 0 aromatic rings. The molecule has 1 unspecified atom stereocenters. The van der Waals surface area contributed by atoms with Crippen molar-refractivity contribution in [3.8, 4) is 0 Å². The Hall–Kier alpha value is -0.170. The van der Waals surface area contributed by atoms with Crippen LogP contribution in [0, 0.1) is 0 Å². The number of nitrogens with zero attached hydrogens (tertiary/aromatic N) is 1. The number of nitrogens with two attached hydrogens (primary N) is 1. The molecule has 1 heterocycles. The van der Waals surface area contributed by atoms with Crippen molar-refractivity contribution in [2.75, 3.05) is 32.4 Å². The van der Waals surface area contributed by atoms with Gasteiger partial charge in [0.1, 0.15) is 0 Å². The largest absolute Gasteiger partial charge is 0.315 e. The Morgan fingerprint density at radius 1 is 1.44 bits per heavy atom. The number of nitrogens with one attached hydrogen (secondary N) is 1. The molecule has 3 N–H and O–H groups in total. The van der Waals surface area contributed by atoms with Crippen LogP contribution in [0.25, 0.3) is 0 Å². The zero-order chi connectivity index (χ0) is 12.0. The minimum Gasteiger partial charge on any atom is -0.315 e. The van der Waals surface area contributed by atoms with Crippen LogP contribution in [-0.4, -0.2) is 51.8 Å². The lowest BCUT2D eigenvalue weighted by atomic mass is 10.0. The summed E-state index contributed by atoms with van der Waals surface area (Å²) in [4.78, 5) is 2.37. The third-order valence-electron chi connectivity index (χ3n) is 3.08. The molecule has 0 radical (unpaired) electrons. The third kappa shape index (κ3) is 5.79. The summed E-state index contributed by atoms with van der Waals surface area (Å²) in [5, 5.41) is 8.22. The molecule has 96 valence electrons. The van der Waals surface area contributed by atoms with E-state index in [0.29, 0.717) is 12.5 Å². The Morgan fingerprint density at radius 2 is 2.19 bits per heavy atom. The molecule has 1 aliphatic rings. The van der Waals surface area contributed by atoms with Gasteiger partial charge in [-0.3, -0.25) is 0 Å². The number of sulfonamides is 1. The molecule has 0 bridgehead atoms. The number of likely N-dealkylation sites (N-methyl/N-ethyl adjacent to an activating group) is 1. The Kier molecular flexibility index (Phi) is 5.68. The average Bonchev–Trinajstić information content (AvgIpc) is 2.18. The van der Waals surface area contributed by atoms with Crippen LogP contribution in [0.4, 0.5) is 0 Å². The Labute approximate surface area is 98.4 Å². The minimum atomic E-state index is -3.29. The predicted octanol–water partition coefficient (Wildman–Crippen LogP) is -0.261. The molecule has 1 rings (SSSR count). The van der Waals surface area contributed by atoms with Crippen LogP contribution < -0.4 is 10.5 Å². The standard InChI is InChI=1S/C10H23N3O2S/c1-13-7-3-2-5-10(13)9-12-6-4-8-16(11,14)15/h10,12H,2-9H2,1H3,(H2,11,14,15). The quantitative estimate of drug-likeness (QED) is 0.636. The maximum Gasteiger partial charge on any atom is 0.209 e. The van der Waals surface area contributed by atoms with Crippen molar-refractivity contribution in [1.82, 2.24) is 10.2 Å². The maximum atomic E-state index is 10.7. The first-order valence-electron chi connectivity index (χ1n) is 5.90. The Bertz CT molecular complexity index is 292. The van der Waals surface area contributed by atoms with Gasteiger partial charge in [0.05, 0.1) is 5.75 Å². The van der Waals surface area contributed by atoms with Gasteiger partial charge in [-0.2, -0.15) is 0 Å². The number of hydrogen-bond acceptors (Lipinski definition) is 4. The minimum absolute atomic E-state index is 0.0699. The average molecular weight is 249 g/mol. The number of likely N-dealkylation sites (tertiary alicyclic amines) is 1. The number of primary sulfonamides is 1. The SMILES string of the molecule is CN1CCCCC1CNCCCS(N)(=O)=O. The van der Waals surface area contributed by atoms with Gasteiger partial charge in [0, 0.05) is 12.6 Å². The van der Waals surface area contributed by atoms with Gasteiger partial charge < -0.3 is 10.2 Å². The van der Waals surface area contributed by atoms with Crippen LogP contribution in [0.5, 0.6) is 0 Å². The summed E-state index contributed by atoms with van der Waals surface area (Å²) in [6.45, 7) is 2.84. The molecule has 0 aromatic carbocycles. The second-order valence-corrected chi connectivity index (χ2v) is 6.29. The lowest BCUT2D eigenvalue weighted by molar-refractivity contribution is 0.182. The summed E-state index contributed by atoms with van der Waals surface area (Å²) >= 11 is 0. The molecule has 0 spiro atoms. The predicted molar refractivity (Wildman–Crippen MR) is 65.7 cm³/mol. The smallest absolute Gasteiger partial charge is 0.209 e. The lowest BCUT2D eigenvalue weighted by Crippen LogP contribution is -2.43. The zero-order valence-corrected chi connectivity index (χ0v) is 10.8. The molecule has 1 saturated heterocycles. The summed E-state index contributed by atoms with van der Waals surface area (Å²) < 4.78 is 21.4. The molecule has 1 atom stereocenters. The molecular weight excluding hydrogens is 226 g/mol. The van der Waals surface area contributed by atoms with E-state index >= 15 is 0 Å². The van der Waals surface area contributed by atoms with Gasteiger partial charge in [0.15, 0.2) is 0 Å². The summed E-state index contributed by atoms with van der Waals surface area (Å²) in [6, 6.07) is 0.600. The molecule has 0 aromatic heterocycles. The molecular formula is C10H23N3O2S. The van der Waals surface area contributed by atoms with Crippen LogP contribution in [0.3, 0.4) is 0 Å². The zero-order valence-electron chi connectivity index (χ0n) is 9.98. The van der Waals surface area contributed by atoms with Crippen molar-refractivity contribution in [2.45, 2.75) is 31.7 Å². The molecule has 5 nitrogen and oxygen atoms in total. The van der Waals surface area contributed by atoms with E-state index in [9.17, 15) is 8.42 Å². The maximum absolute atomic E-state index is 10.7. The Morgan fingerprint density at radius 3 is 2.81 bits per heavy atom. The third-order valence-corrected chi connectivity index (χ3v) is 3.94. The van der Waals surface area contributed by atoms with Gasteiger partial charge in [-0.1, -0.05) is 6.42 Å². The van der Waals surface area contributed by atoms with Crippen molar-refractivity contribution < 1.29 is 8.42 Å². The first kappa shape index (κ1) is 13.9. The van der Waals surface area contributed by atoms with Crippen molar-refractivity contribution in [3.05, 3.63) is 0 Å². The lowest BCUT2D eigenvalue weighted by Gasteiger charge is -2.32. The molecule has 0 saturated carbocycles. The van der Waals surface area contributed by atoms with Crippen molar-refractivity contribution in [1.29, 1.82) is 0 Å². The van der Waals surface area contributed by atoms with E-state index in [4.69, 9.17) is 5.14 Å². The molecule has 1 fully saturated rings. The molecule has 1 aliphatic heterocycles. The van der Waals surface area contributed by atoms with E-state index in [1.54, 1.807) is 0 Å². The highest BCUT2D eigenvalue weighted by atomic mass is 32.2. The van der Waals surface area contributed by atoms with E-state index in [-0.39, 0.29) is 5.75 Å². The fourth-order valence-corrected chi connectivity index (χ4v) is 2.62. The number of hydrogen-bond donors (Lipinski definition) is 2. The van der Waals surface area contributed by atoms with E-state index in [0.717, 1.165) is 13.1 Å². The molecule has 0 amide bonds. The van der Waals surface area contributed by atoms with Gasteiger partial charge >= 0.3 is 0 Å². The second kappa shape index (κ2) is 6.54. The van der Waals surface area contributed by atoms with Gasteiger partial charge in [-0.15, -0.1) is 0 Å². The number of piperidine rings is 1. The van der Waals surface area contributed by atoms with Gasteiger partial charge in [0.2, 0.25) is 10.0 Å². The highest BCUT2D eigenvalue weighted by molar-refractivity contribution is 7.89. The number of rotatable bonds is 6. The van der Waals surface area contributed by atoms with Crippen LogP contribution in [0.15, 0.2) is 0 Å². The van der Waals surface area contributed by atoms with E-state index in [2.05, 4.69) is 17.3 Å². The first-order valence-corrected chi connectivity index (χ1v) is 7.62. The Balaban J connectivity index is 2.06. The van der Waals surface area contributed by atoms with Crippen LogP contribution in [0.1, 0.15) is 25.7 Å². The molecule has 16 heavy (non-hydrogen) atoms. The van der Waals surface area contributed by atoms with E-state index in [1.807, 2.05) is 0 Å². The van der Waals surface area contributed by atoms with E-state index < -0.39 is 10.0 Å². The van der Waals surface area contributed by atoms with E-state index in [1.165, 1.54) is 25.8 Å². The van der Waals surface area contributed by atoms with Crippen molar-refractivity contribution >= 4 is 10.0 Å².